The number of carbonyl (C=O) groups is 1. The van der Waals surface area contributed by atoms with E-state index in [0.29, 0.717) is 54.2 Å². The summed E-state index contributed by atoms with van der Waals surface area (Å²) in [6, 6.07) is 7.32. The molecule has 0 radical (unpaired) electrons. The largest absolute Gasteiger partial charge is 0.433 e. The Balaban J connectivity index is 1.47. The van der Waals surface area contributed by atoms with Crippen molar-refractivity contribution < 1.29 is 22.7 Å². The van der Waals surface area contributed by atoms with E-state index in [9.17, 15) is 18.0 Å². The lowest BCUT2D eigenvalue weighted by molar-refractivity contribution is -0.141. The van der Waals surface area contributed by atoms with E-state index in [1.807, 2.05) is 0 Å². The number of nitrogen functional groups attached to an aromatic ring is 1. The van der Waals surface area contributed by atoms with Crippen LogP contribution in [0.4, 0.5) is 19.0 Å². The van der Waals surface area contributed by atoms with Crippen LogP contribution in [-0.2, 0) is 30.5 Å². The van der Waals surface area contributed by atoms with Gasteiger partial charge in [0.05, 0.1) is 24.8 Å². The van der Waals surface area contributed by atoms with Crippen molar-refractivity contribution >= 4 is 22.6 Å². The van der Waals surface area contributed by atoms with Crippen LogP contribution < -0.4 is 5.73 Å². The second kappa shape index (κ2) is 6.91. The number of rotatable bonds is 2. The number of anilines is 1. The van der Waals surface area contributed by atoms with Crippen LogP contribution >= 0.6 is 0 Å². The predicted octanol–water partition coefficient (Wildman–Crippen LogP) is 4.02. The molecular weight excluding hydrogens is 409 g/mol. The fraction of sp³-hybridized carbons (Fsp3) is 0.318. The van der Waals surface area contributed by atoms with Crippen molar-refractivity contribution in [3.8, 4) is 0 Å². The van der Waals surface area contributed by atoms with Crippen LogP contribution in [0.15, 0.2) is 30.3 Å². The van der Waals surface area contributed by atoms with Gasteiger partial charge in [0, 0.05) is 29.3 Å². The van der Waals surface area contributed by atoms with Crippen molar-refractivity contribution in [3.63, 3.8) is 0 Å². The van der Waals surface area contributed by atoms with Crippen LogP contribution in [0.3, 0.4) is 0 Å². The van der Waals surface area contributed by atoms with Crippen molar-refractivity contribution in [2.75, 3.05) is 12.8 Å². The van der Waals surface area contributed by atoms with Gasteiger partial charge < -0.3 is 15.4 Å². The summed E-state index contributed by atoms with van der Waals surface area (Å²) in [7, 11) is 1.67. The maximum atomic E-state index is 13.2. The van der Waals surface area contributed by atoms with E-state index < -0.39 is 11.9 Å². The summed E-state index contributed by atoms with van der Waals surface area (Å²) < 4.78 is 44.4. The molecule has 0 spiro atoms. The van der Waals surface area contributed by atoms with Gasteiger partial charge in [0.1, 0.15) is 11.5 Å². The van der Waals surface area contributed by atoms with Crippen molar-refractivity contribution in [2.24, 2.45) is 0 Å². The lowest BCUT2D eigenvalue weighted by atomic mass is 10.0. The standard InChI is InChI=1S/C22H19F3N4O2/c1-29(18-6-5-16-12(18)3-7-19(27-16)22(23,24)25)21(30)11-2-4-17-13(8-11)14-9-31-10-15(14)20(26)28-17/h2-4,7-8,18H,5-6,9-10H2,1H3,(H2,26,28)/t18-/m0/s1. The smallest absolute Gasteiger partial charge is 0.383 e. The van der Waals surface area contributed by atoms with Gasteiger partial charge in [-0.1, -0.05) is 6.07 Å². The Morgan fingerprint density at radius 1 is 1.16 bits per heavy atom. The van der Waals surface area contributed by atoms with Crippen LogP contribution in [-0.4, -0.2) is 27.8 Å². The number of halogens is 3. The first-order valence-electron chi connectivity index (χ1n) is 9.87. The summed E-state index contributed by atoms with van der Waals surface area (Å²) in [6.45, 7) is 0.809. The molecule has 1 amide bonds. The van der Waals surface area contributed by atoms with Gasteiger partial charge in [-0.15, -0.1) is 0 Å². The monoisotopic (exact) mass is 428 g/mol. The molecule has 5 rings (SSSR count). The first kappa shape index (κ1) is 19.7. The van der Waals surface area contributed by atoms with Gasteiger partial charge in [0.25, 0.3) is 5.91 Å². The van der Waals surface area contributed by atoms with Crippen LogP contribution in [0.1, 0.15) is 50.9 Å². The highest BCUT2D eigenvalue weighted by atomic mass is 19.4. The van der Waals surface area contributed by atoms with Gasteiger partial charge in [0.15, 0.2) is 0 Å². The number of nitrogens with two attached hydrogens (primary N) is 1. The third-order valence-corrected chi connectivity index (χ3v) is 6.08. The molecule has 31 heavy (non-hydrogen) atoms. The second-order valence-electron chi connectivity index (χ2n) is 7.88. The molecule has 9 heteroatoms. The molecule has 0 fully saturated rings. The summed E-state index contributed by atoms with van der Waals surface area (Å²) in [5, 5.41) is 0.823. The number of pyridine rings is 2. The van der Waals surface area contributed by atoms with Crippen LogP contribution in [0.2, 0.25) is 0 Å². The van der Waals surface area contributed by atoms with Gasteiger partial charge in [0.2, 0.25) is 0 Å². The minimum atomic E-state index is -4.48. The summed E-state index contributed by atoms with van der Waals surface area (Å²) >= 11 is 0. The van der Waals surface area contributed by atoms with E-state index in [4.69, 9.17) is 10.5 Å². The number of aromatic nitrogens is 2. The quantitative estimate of drug-likeness (QED) is 0.667. The van der Waals surface area contributed by atoms with Crippen molar-refractivity contribution in [2.45, 2.75) is 38.3 Å². The molecule has 2 aliphatic rings. The Hall–Kier alpha value is -3.20. The highest BCUT2D eigenvalue weighted by molar-refractivity contribution is 5.99. The SMILES string of the molecule is CN(C(=O)c1ccc2nc(N)c3c(c2c1)COC3)[C@H]1CCc2nc(C(F)(F)F)ccc21. The Morgan fingerprint density at radius 2 is 1.94 bits per heavy atom. The van der Waals surface area contributed by atoms with E-state index in [1.165, 1.54) is 6.07 Å². The summed E-state index contributed by atoms with van der Waals surface area (Å²) in [5.74, 6) is 0.216. The maximum absolute atomic E-state index is 13.2. The maximum Gasteiger partial charge on any atom is 0.433 e. The van der Waals surface area contributed by atoms with Gasteiger partial charge in [-0.25, -0.2) is 9.97 Å². The van der Waals surface area contributed by atoms with E-state index in [-0.39, 0.29) is 11.9 Å². The molecule has 1 atom stereocenters. The van der Waals surface area contributed by atoms with Crippen LogP contribution in [0, 0.1) is 0 Å². The Bertz CT molecular complexity index is 1230. The Kier molecular flexibility index (Phi) is 4.40. The number of hydrogen-bond acceptors (Lipinski definition) is 5. The average molecular weight is 428 g/mol. The van der Waals surface area contributed by atoms with Crippen LogP contribution in [0.25, 0.3) is 10.9 Å². The lowest BCUT2D eigenvalue weighted by Gasteiger charge is -2.25. The zero-order valence-corrected chi connectivity index (χ0v) is 16.7. The molecule has 1 aromatic carbocycles. The molecule has 2 aromatic heterocycles. The van der Waals surface area contributed by atoms with Gasteiger partial charge in [-0.3, -0.25) is 4.79 Å². The molecule has 0 bridgehead atoms. The predicted molar refractivity (Wildman–Crippen MR) is 107 cm³/mol. The number of benzene rings is 1. The van der Waals surface area contributed by atoms with E-state index in [1.54, 1.807) is 30.1 Å². The topological polar surface area (TPSA) is 81.3 Å². The molecule has 0 unspecified atom stereocenters. The highest BCUT2D eigenvalue weighted by Crippen LogP contribution is 2.38. The Morgan fingerprint density at radius 3 is 2.71 bits per heavy atom. The normalized spacial score (nSPS) is 17.6. The van der Waals surface area contributed by atoms with Gasteiger partial charge in [-0.05, 0) is 48.2 Å². The molecule has 0 saturated carbocycles. The first-order valence-corrected chi connectivity index (χ1v) is 9.87. The summed E-state index contributed by atoms with van der Waals surface area (Å²) in [5.41, 5.74) is 9.11. The summed E-state index contributed by atoms with van der Waals surface area (Å²) in [6.07, 6.45) is -3.56. The number of fused-ring (bicyclic) bond motifs is 4. The third-order valence-electron chi connectivity index (χ3n) is 6.08. The molecular formula is C22H19F3N4O2. The van der Waals surface area contributed by atoms with Gasteiger partial charge >= 0.3 is 6.18 Å². The Labute approximate surface area is 175 Å². The number of alkyl halides is 3. The van der Waals surface area contributed by atoms with E-state index >= 15 is 0 Å². The second-order valence-corrected chi connectivity index (χ2v) is 7.88. The lowest BCUT2D eigenvalue weighted by Crippen LogP contribution is -2.30. The number of carbonyl (C=O) groups excluding carboxylic acids is 1. The highest BCUT2D eigenvalue weighted by Gasteiger charge is 2.36. The van der Waals surface area contributed by atoms with Crippen molar-refractivity contribution in [1.29, 1.82) is 0 Å². The van der Waals surface area contributed by atoms with Crippen molar-refractivity contribution in [3.05, 3.63) is 64.0 Å². The number of ether oxygens (including phenoxy) is 1. The molecule has 3 heterocycles. The molecule has 0 saturated heterocycles. The van der Waals surface area contributed by atoms with Crippen molar-refractivity contribution in [1.82, 2.24) is 14.9 Å². The number of aryl methyl sites for hydroxylation is 1. The van der Waals surface area contributed by atoms with Crippen LogP contribution in [0.5, 0.6) is 0 Å². The minimum absolute atomic E-state index is 0.218. The molecule has 1 aliphatic carbocycles. The summed E-state index contributed by atoms with van der Waals surface area (Å²) in [4.78, 5) is 23.0. The zero-order valence-electron chi connectivity index (χ0n) is 16.7. The molecule has 1 aliphatic heterocycles. The number of amides is 1. The van der Waals surface area contributed by atoms with E-state index in [0.717, 1.165) is 22.6 Å². The third kappa shape index (κ3) is 3.20. The molecule has 3 aromatic rings. The van der Waals surface area contributed by atoms with Gasteiger partial charge in [-0.2, -0.15) is 13.2 Å². The molecule has 2 N–H and O–H groups in total. The number of nitrogens with zero attached hydrogens (tertiary/aromatic N) is 3. The fourth-order valence-electron chi connectivity index (χ4n) is 4.45. The fourth-order valence-corrected chi connectivity index (χ4v) is 4.45. The van der Waals surface area contributed by atoms with E-state index in [2.05, 4.69) is 9.97 Å². The average Bonchev–Trinajstić information content (AvgIpc) is 3.39. The zero-order chi connectivity index (χ0) is 21.9. The molecule has 160 valence electrons. The first-order chi connectivity index (χ1) is 14.7. The molecule has 6 nitrogen and oxygen atoms in total. The minimum Gasteiger partial charge on any atom is -0.383 e. The number of hydrogen-bond donors (Lipinski definition) is 1.